The van der Waals surface area contributed by atoms with Crippen LogP contribution in [0, 0.1) is 17.1 Å². The van der Waals surface area contributed by atoms with E-state index in [1.807, 2.05) is 6.07 Å². The van der Waals surface area contributed by atoms with Crippen LogP contribution in [0.1, 0.15) is 15.9 Å². The summed E-state index contributed by atoms with van der Waals surface area (Å²) in [7, 11) is 1.75. The van der Waals surface area contributed by atoms with Gasteiger partial charge in [0.1, 0.15) is 17.3 Å². The number of anilines is 1. The number of imidazole rings is 1. The van der Waals surface area contributed by atoms with Crippen LogP contribution in [0.15, 0.2) is 54.9 Å². The Bertz CT molecular complexity index is 938. The van der Waals surface area contributed by atoms with Crippen LogP contribution in [0.25, 0.3) is 11.3 Å². The molecule has 5 nitrogen and oxygen atoms in total. The molecule has 24 heavy (non-hydrogen) atoms. The first-order chi connectivity index (χ1) is 11.6. The van der Waals surface area contributed by atoms with E-state index in [0.29, 0.717) is 28.2 Å². The first kappa shape index (κ1) is 15.4. The molecule has 0 atom stereocenters. The van der Waals surface area contributed by atoms with Crippen LogP contribution in [0.4, 0.5) is 10.2 Å². The van der Waals surface area contributed by atoms with Crippen molar-refractivity contribution >= 4 is 11.7 Å². The van der Waals surface area contributed by atoms with Crippen molar-refractivity contribution in [2.75, 3.05) is 5.32 Å². The lowest BCUT2D eigenvalue weighted by molar-refractivity contribution is 0.102. The number of nitriles is 1. The van der Waals surface area contributed by atoms with Crippen LogP contribution in [0.3, 0.4) is 0 Å². The molecule has 3 aromatic rings. The zero-order chi connectivity index (χ0) is 17.1. The summed E-state index contributed by atoms with van der Waals surface area (Å²) in [6.45, 7) is 0. The normalized spacial score (nSPS) is 10.2. The fourth-order valence-electron chi connectivity index (χ4n) is 2.31. The summed E-state index contributed by atoms with van der Waals surface area (Å²) in [5.41, 5.74) is 2.02. The number of aryl methyl sites for hydroxylation is 1. The predicted molar refractivity (Wildman–Crippen MR) is 87.7 cm³/mol. The van der Waals surface area contributed by atoms with Gasteiger partial charge in [0, 0.05) is 18.2 Å². The van der Waals surface area contributed by atoms with Crippen molar-refractivity contribution in [3.05, 3.63) is 71.8 Å². The number of amides is 1. The minimum atomic E-state index is -0.348. The number of nitrogens with zero attached hydrogens (tertiary/aromatic N) is 3. The van der Waals surface area contributed by atoms with Gasteiger partial charge < -0.3 is 9.88 Å². The molecule has 0 fully saturated rings. The topological polar surface area (TPSA) is 70.7 Å². The lowest BCUT2D eigenvalue weighted by atomic mass is 10.1. The molecular weight excluding hydrogens is 307 g/mol. The average Bonchev–Trinajstić information content (AvgIpc) is 2.96. The fraction of sp³-hybridized carbons (Fsp3) is 0.0556. The van der Waals surface area contributed by atoms with Gasteiger partial charge in [-0.25, -0.2) is 9.37 Å². The van der Waals surface area contributed by atoms with Crippen LogP contribution < -0.4 is 5.32 Å². The van der Waals surface area contributed by atoms with Gasteiger partial charge in [-0.2, -0.15) is 5.26 Å². The lowest BCUT2D eigenvalue weighted by Crippen LogP contribution is -2.15. The van der Waals surface area contributed by atoms with E-state index in [1.165, 1.54) is 18.2 Å². The summed E-state index contributed by atoms with van der Waals surface area (Å²) in [4.78, 5) is 16.7. The number of hydrogen-bond donors (Lipinski definition) is 1. The highest BCUT2D eigenvalue weighted by Crippen LogP contribution is 2.26. The van der Waals surface area contributed by atoms with E-state index in [4.69, 9.17) is 5.26 Å². The van der Waals surface area contributed by atoms with Gasteiger partial charge in [-0.05, 0) is 42.5 Å². The first-order valence-corrected chi connectivity index (χ1v) is 7.17. The Labute approximate surface area is 138 Å². The van der Waals surface area contributed by atoms with E-state index < -0.39 is 0 Å². The second kappa shape index (κ2) is 6.34. The molecule has 1 N–H and O–H groups in total. The van der Waals surface area contributed by atoms with Gasteiger partial charge in [0.25, 0.3) is 5.91 Å². The number of carbonyl (C=O) groups excluding carboxylic acids is 1. The molecule has 118 valence electrons. The quantitative estimate of drug-likeness (QED) is 0.804. The number of halogens is 1. The SMILES string of the molecule is Cn1cnc(-c2ccc(F)cc2)c1NC(=O)c1cccc(C#N)c1. The maximum Gasteiger partial charge on any atom is 0.256 e. The minimum Gasteiger partial charge on any atom is -0.320 e. The molecule has 0 spiro atoms. The minimum absolute atomic E-state index is 0.339. The van der Waals surface area contributed by atoms with Gasteiger partial charge >= 0.3 is 0 Å². The average molecular weight is 320 g/mol. The van der Waals surface area contributed by atoms with Crippen molar-refractivity contribution in [3.8, 4) is 17.3 Å². The molecule has 0 aliphatic rings. The molecule has 2 aromatic carbocycles. The Hall–Kier alpha value is -3.46. The summed E-state index contributed by atoms with van der Waals surface area (Å²) < 4.78 is 14.8. The monoisotopic (exact) mass is 320 g/mol. The summed E-state index contributed by atoms with van der Waals surface area (Å²) in [5.74, 6) is -0.193. The third-order valence-corrected chi connectivity index (χ3v) is 3.54. The number of benzene rings is 2. The largest absolute Gasteiger partial charge is 0.320 e. The zero-order valence-electron chi connectivity index (χ0n) is 12.8. The summed E-state index contributed by atoms with van der Waals surface area (Å²) >= 11 is 0. The molecule has 0 bridgehead atoms. The summed E-state index contributed by atoms with van der Waals surface area (Å²) in [5, 5.41) is 11.7. The Morgan fingerprint density at radius 2 is 2.00 bits per heavy atom. The molecule has 0 saturated heterocycles. The lowest BCUT2D eigenvalue weighted by Gasteiger charge is -2.09. The summed E-state index contributed by atoms with van der Waals surface area (Å²) in [6.07, 6.45) is 1.57. The molecule has 0 aliphatic carbocycles. The van der Waals surface area contributed by atoms with Crippen LogP contribution in [0.5, 0.6) is 0 Å². The molecule has 0 saturated carbocycles. The van der Waals surface area contributed by atoms with Crippen molar-refractivity contribution in [1.29, 1.82) is 5.26 Å². The Kier molecular flexibility index (Phi) is 4.08. The maximum atomic E-state index is 13.1. The van der Waals surface area contributed by atoms with Gasteiger partial charge in [0.15, 0.2) is 0 Å². The standard InChI is InChI=1S/C18H13FN4O/c1-23-11-21-16(13-5-7-15(19)8-6-13)17(23)22-18(24)14-4-2-3-12(9-14)10-20/h2-9,11H,1H3,(H,22,24). The molecule has 1 heterocycles. The third-order valence-electron chi connectivity index (χ3n) is 3.54. The molecule has 0 aliphatic heterocycles. The van der Waals surface area contributed by atoms with Gasteiger partial charge in [0.2, 0.25) is 0 Å². The number of carbonyl (C=O) groups is 1. The number of hydrogen-bond acceptors (Lipinski definition) is 3. The van der Waals surface area contributed by atoms with Crippen molar-refractivity contribution in [1.82, 2.24) is 9.55 Å². The fourth-order valence-corrected chi connectivity index (χ4v) is 2.31. The molecular formula is C18H13FN4O. The van der Waals surface area contributed by atoms with Crippen molar-refractivity contribution < 1.29 is 9.18 Å². The highest BCUT2D eigenvalue weighted by Gasteiger charge is 2.15. The summed E-state index contributed by atoms with van der Waals surface area (Å²) in [6, 6.07) is 14.3. The Morgan fingerprint density at radius 3 is 2.71 bits per heavy atom. The number of rotatable bonds is 3. The van der Waals surface area contributed by atoms with Crippen LogP contribution in [0.2, 0.25) is 0 Å². The second-order valence-electron chi connectivity index (χ2n) is 5.21. The molecule has 6 heteroatoms. The third kappa shape index (κ3) is 3.01. The van der Waals surface area contributed by atoms with Crippen LogP contribution in [-0.2, 0) is 7.05 Å². The molecule has 3 rings (SSSR count). The number of aromatic nitrogens is 2. The highest BCUT2D eigenvalue weighted by molar-refractivity contribution is 6.05. The number of nitrogens with one attached hydrogen (secondary N) is 1. The van der Waals surface area contributed by atoms with E-state index in [9.17, 15) is 9.18 Å². The van der Waals surface area contributed by atoms with E-state index >= 15 is 0 Å². The van der Waals surface area contributed by atoms with Crippen molar-refractivity contribution in [3.63, 3.8) is 0 Å². The molecule has 1 aromatic heterocycles. The highest BCUT2D eigenvalue weighted by atomic mass is 19.1. The second-order valence-corrected chi connectivity index (χ2v) is 5.21. The van der Waals surface area contributed by atoms with Crippen molar-refractivity contribution in [2.45, 2.75) is 0 Å². The van der Waals surface area contributed by atoms with E-state index in [1.54, 1.807) is 48.3 Å². The van der Waals surface area contributed by atoms with Crippen LogP contribution >= 0.6 is 0 Å². The molecule has 0 radical (unpaired) electrons. The van der Waals surface area contributed by atoms with Crippen LogP contribution in [-0.4, -0.2) is 15.5 Å². The van der Waals surface area contributed by atoms with Gasteiger partial charge in [-0.1, -0.05) is 6.07 Å². The van der Waals surface area contributed by atoms with Gasteiger partial charge in [-0.15, -0.1) is 0 Å². The Balaban J connectivity index is 1.93. The van der Waals surface area contributed by atoms with Crippen molar-refractivity contribution in [2.24, 2.45) is 7.05 Å². The van der Waals surface area contributed by atoms with Gasteiger partial charge in [0.05, 0.1) is 18.0 Å². The van der Waals surface area contributed by atoms with E-state index in [-0.39, 0.29) is 11.7 Å². The van der Waals surface area contributed by atoms with Gasteiger partial charge in [-0.3, -0.25) is 4.79 Å². The maximum absolute atomic E-state index is 13.1. The molecule has 1 amide bonds. The Morgan fingerprint density at radius 1 is 1.25 bits per heavy atom. The first-order valence-electron chi connectivity index (χ1n) is 7.17. The molecule has 0 unspecified atom stereocenters. The predicted octanol–water partition coefficient (Wildman–Crippen LogP) is 3.35. The van der Waals surface area contributed by atoms with E-state index in [0.717, 1.165) is 0 Å². The smallest absolute Gasteiger partial charge is 0.256 e. The van der Waals surface area contributed by atoms with E-state index in [2.05, 4.69) is 10.3 Å². The zero-order valence-corrected chi connectivity index (χ0v) is 12.8.